The van der Waals surface area contributed by atoms with Crippen molar-refractivity contribution in [3.8, 4) is 0 Å². The number of aryl methyl sites for hydroxylation is 1. The number of rotatable bonds is 5. The maximum absolute atomic E-state index is 11.6. The zero-order valence-corrected chi connectivity index (χ0v) is 11.3. The largest absolute Gasteiger partial charge is 0.377 e. The van der Waals surface area contributed by atoms with Gasteiger partial charge in [-0.25, -0.2) is 0 Å². The fourth-order valence-corrected chi connectivity index (χ4v) is 1.75. The Morgan fingerprint density at radius 2 is 2.12 bits per heavy atom. The molecule has 1 amide bonds. The van der Waals surface area contributed by atoms with Crippen molar-refractivity contribution in [2.75, 3.05) is 30.2 Å². The quantitative estimate of drug-likeness (QED) is 0.820. The molecule has 94 valence electrons. The van der Waals surface area contributed by atoms with Crippen molar-refractivity contribution in [1.29, 1.82) is 0 Å². The van der Waals surface area contributed by atoms with Crippen molar-refractivity contribution in [3.63, 3.8) is 0 Å². The molecule has 0 unspecified atom stereocenters. The van der Waals surface area contributed by atoms with Crippen molar-refractivity contribution < 1.29 is 4.79 Å². The Balaban J connectivity index is 2.72. The smallest absolute Gasteiger partial charge is 0.224 e. The highest BCUT2D eigenvalue weighted by Crippen LogP contribution is 2.22. The fraction of sp³-hybridized carbons (Fsp3) is 0.462. The van der Waals surface area contributed by atoms with Crippen LogP contribution in [0.5, 0.6) is 0 Å². The van der Waals surface area contributed by atoms with E-state index < -0.39 is 0 Å². The lowest BCUT2D eigenvalue weighted by atomic mass is 10.1. The highest BCUT2D eigenvalue weighted by molar-refractivity contribution is 6.18. The Labute approximate surface area is 108 Å². The van der Waals surface area contributed by atoms with Gasteiger partial charge in [-0.15, -0.1) is 11.6 Å². The number of carbonyl (C=O) groups is 1. The molecule has 1 rings (SSSR count). The predicted molar refractivity (Wildman–Crippen MR) is 74.1 cm³/mol. The molecule has 0 saturated carbocycles. The number of halogens is 1. The summed E-state index contributed by atoms with van der Waals surface area (Å²) >= 11 is 5.55. The van der Waals surface area contributed by atoms with Gasteiger partial charge < -0.3 is 10.2 Å². The second kappa shape index (κ2) is 6.50. The van der Waals surface area contributed by atoms with Crippen molar-refractivity contribution in [2.45, 2.75) is 19.8 Å². The van der Waals surface area contributed by atoms with Crippen LogP contribution in [-0.2, 0) is 4.79 Å². The van der Waals surface area contributed by atoms with Crippen LogP contribution >= 0.6 is 11.6 Å². The third kappa shape index (κ3) is 4.27. The molecule has 1 aromatic carbocycles. The lowest BCUT2D eigenvalue weighted by Gasteiger charge is -2.17. The molecule has 0 aromatic heterocycles. The van der Waals surface area contributed by atoms with Crippen LogP contribution in [0.3, 0.4) is 0 Å². The summed E-state index contributed by atoms with van der Waals surface area (Å²) in [5.74, 6) is 0.531. The van der Waals surface area contributed by atoms with Crippen LogP contribution in [0.1, 0.15) is 18.4 Å². The van der Waals surface area contributed by atoms with Crippen LogP contribution in [0.15, 0.2) is 18.2 Å². The van der Waals surface area contributed by atoms with E-state index >= 15 is 0 Å². The van der Waals surface area contributed by atoms with Crippen molar-refractivity contribution in [1.82, 2.24) is 0 Å². The van der Waals surface area contributed by atoms with E-state index in [2.05, 4.69) is 12.2 Å². The number of nitrogens with zero attached hydrogens (tertiary/aromatic N) is 1. The summed E-state index contributed by atoms with van der Waals surface area (Å²) in [6.07, 6.45) is 1.18. The standard InChI is InChI=1S/C13H19ClN2O/c1-10-6-7-11(9-12(10)16(2)3)15-13(17)5-4-8-14/h6-7,9H,4-5,8H2,1-3H3,(H,15,17). The van der Waals surface area contributed by atoms with Gasteiger partial charge in [0.25, 0.3) is 0 Å². The molecule has 0 radical (unpaired) electrons. The monoisotopic (exact) mass is 254 g/mol. The zero-order chi connectivity index (χ0) is 12.8. The van der Waals surface area contributed by atoms with Crippen LogP contribution in [0.25, 0.3) is 0 Å². The number of hydrogen-bond acceptors (Lipinski definition) is 2. The maximum atomic E-state index is 11.6. The molecule has 0 bridgehead atoms. The average Bonchev–Trinajstić information content (AvgIpc) is 2.28. The molecule has 4 heteroatoms. The van der Waals surface area contributed by atoms with Gasteiger partial charge in [0.15, 0.2) is 0 Å². The van der Waals surface area contributed by atoms with Crippen LogP contribution in [0.2, 0.25) is 0 Å². The molecule has 0 saturated heterocycles. The third-order valence-corrected chi connectivity index (χ3v) is 2.78. The summed E-state index contributed by atoms with van der Waals surface area (Å²) in [4.78, 5) is 13.6. The van der Waals surface area contributed by atoms with E-state index in [1.54, 1.807) is 0 Å². The van der Waals surface area contributed by atoms with Gasteiger partial charge in [0, 0.05) is 37.8 Å². The number of amides is 1. The number of carbonyl (C=O) groups excluding carboxylic acids is 1. The molecular formula is C13H19ClN2O. The number of nitrogens with one attached hydrogen (secondary N) is 1. The molecule has 0 aliphatic rings. The lowest BCUT2D eigenvalue weighted by molar-refractivity contribution is -0.116. The molecule has 0 heterocycles. The molecule has 0 aliphatic heterocycles. The lowest BCUT2D eigenvalue weighted by Crippen LogP contribution is -2.14. The van der Waals surface area contributed by atoms with Crippen molar-refractivity contribution in [2.24, 2.45) is 0 Å². The van der Waals surface area contributed by atoms with E-state index in [9.17, 15) is 4.79 Å². The molecule has 0 fully saturated rings. The third-order valence-electron chi connectivity index (χ3n) is 2.51. The van der Waals surface area contributed by atoms with Gasteiger partial charge in [0.1, 0.15) is 0 Å². The maximum Gasteiger partial charge on any atom is 0.224 e. The first-order chi connectivity index (χ1) is 8.04. The summed E-state index contributed by atoms with van der Waals surface area (Å²) in [6, 6.07) is 5.90. The summed E-state index contributed by atoms with van der Waals surface area (Å²) in [7, 11) is 3.98. The first kappa shape index (κ1) is 13.8. The Morgan fingerprint density at radius 1 is 1.41 bits per heavy atom. The molecule has 17 heavy (non-hydrogen) atoms. The minimum absolute atomic E-state index is 0.0132. The normalized spacial score (nSPS) is 10.1. The summed E-state index contributed by atoms with van der Waals surface area (Å²) < 4.78 is 0. The summed E-state index contributed by atoms with van der Waals surface area (Å²) in [6.45, 7) is 2.05. The van der Waals surface area contributed by atoms with Gasteiger partial charge in [-0.05, 0) is 31.0 Å². The summed E-state index contributed by atoms with van der Waals surface area (Å²) in [5, 5.41) is 2.87. The molecule has 3 nitrogen and oxygen atoms in total. The first-order valence-corrected chi connectivity index (χ1v) is 6.22. The highest BCUT2D eigenvalue weighted by Gasteiger charge is 2.05. The second-order valence-electron chi connectivity index (χ2n) is 4.24. The molecular weight excluding hydrogens is 236 g/mol. The molecule has 0 aliphatic carbocycles. The minimum atomic E-state index is 0.0132. The van der Waals surface area contributed by atoms with Crippen molar-refractivity contribution in [3.05, 3.63) is 23.8 Å². The van der Waals surface area contributed by atoms with Crippen molar-refractivity contribution >= 4 is 28.9 Å². The molecule has 1 aromatic rings. The number of anilines is 2. The van der Waals surface area contributed by atoms with E-state index in [-0.39, 0.29) is 5.91 Å². The van der Waals surface area contributed by atoms with E-state index in [1.807, 2.05) is 37.2 Å². The first-order valence-electron chi connectivity index (χ1n) is 5.68. The molecule has 0 atom stereocenters. The highest BCUT2D eigenvalue weighted by atomic mass is 35.5. The Hall–Kier alpha value is -1.22. The predicted octanol–water partition coefficient (Wildman–Crippen LogP) is 3.02. The Kier molecular flexibility index (Phi) is 5.29. The SMILES string of the molecule is Cc1ccc(NC(=O)CCCCl)cc1N(C)C. The van der Waals surface area contributed by atoms with Gasteiger partial charge in [-0.2, -0.15) is 0 Å². The van der Waals surface area contributed by atoms with Crippen LogP contribution < -0.4 is 10.2 Å². The minimum Gasteiger partial charge on any atom is -0.377 e. The Bertz CT molecular complexity index is 391. The van der Waals surface area contributed by atoms with Crippen LogP contribution in [0, 0.1) is 6.92 Å². The van der Waals surface area contributed by atoms with Gasteiger partial charge >= 0.3 is 0 Å². The number of alkyl halides is 1. The zero-order valence-electron chi connectivity index (χ0n) is 10.6. The summed E-state index contributed by atoms with van der Waals surface area (Å²) in [5.41, 5.74) is 3.13. The number of hydrogen-bond donors (Lipinski definition) is 1. The van der Waals surface area contributed by atoms with Gasteiger partial charge in [-0.1, -0.05) is 6.07 Å². The van der Waals surface area contributed by atoms with E-state index in [1.165, 1.54) is 5.56 Å². The molecule has 1 N–H and O–H groups in total. The number of benzene rings is 1. The second-order valence-corrected chi connectivity index (χ2v) is 4.61. The van der Waals surface area contributed by atoms with Crippen LogP contribution in [-0.4, -0.2) is 25.9 Å². The molecule has 0 spiro atoms. The van der Waals surface area contributed by atoms with Gasteiger partial charge in [0.05, 0.1) is 0 Å². The fourth-order valence-electron chi connectivity index (χ4n) is 1.62. The topological polar surface area (TPSA) is 32.3 Å². The van der Waals surface area contributed by atoms with E-state index in [4.69, 9.17) is 11.6 Å². The van der Waals surface area contributed by atoms with Gasteiger partial charge in [0.2, 0.25) is 5.91 Å². The van der Waals surface area contributed by atoms with Gasteiger partial charge in [-0.3, -0.25) is 4.79 Å². The average molecular weight is 255 g/mol. The van der Waals surface area contributed by atoms with Crippen LogP contribution in [0.4, 0.5) is 11.4 Å². The Morgan fingerprint density at radius 3 is 2.71 bits per heavy atom. The van der Waals surface area contributed by atoms with E-state index in [0.717, 1.165) is 11.4 Å². The van der Waals surface area contributed by atoms with E-state index in [0.29, 0.717) is 18.7 Å².